The van der Waals surface area contributed by atoms with Gasteiger partial charge in [-0.3, -0.25) is 9.59 Å². The minimum atomic E-state index is -0.348. The Morgan fingerprint density at radius 2 is 1.79 bits per heavy atom. The van der Waals surface area contributed by atoms with Gasteiger partial charge in [-0.15, -0.1) is 0 Å². The van der Waals surface area contributed by atoms with Gasteiger partial charge in [0.25, 0.3) is 0 Å². The summed E-state index contributed by atoms with van der Waals surface area (Å²) in [5.74, 6) is 0.651. The Hall–Kier alpha value is -2.63. The van der Waals surface area contributed by atoms with Crippen LogP contribution in [0.25, 0.3) is 0 Å². The monoisotopic (exact) mass is 448 g/mol. The number of rotatable bonds is 7. The van der Waals surface area contributed by atoms with E-state index in [2.05, 4.69) is 39.5 Å². The standard InChI is InChI=1S/C27H36N4O2/c32-24(29-14-7-16-30-19-15-28-21-30)23-20-26(23)12-17-31(18-13-26)25(33)27(10-5-2-6-11-27)22-8-3-1-4-9-22/h1,3-4,8-9,15,19,21,23H,2,5-7,10-14,16-18,20H2,(H,29,32). The molecule has 1 N–H and O–H groups in total. The number of aromatic nitrogens is 2. The molecule has 1 saturated heterocycles. The van der Waals surface area contributed by atoms with Gasteiger partial charge < -0.3 is 14.8 Å². The van der Waals surface area contributed by atoms with Crippen LogP contribution in [0, 0.1) is 11.3 Å². The summed E-state index contributed by atoms with van der Waals surface area (Å²) in [5, 5.41) is 3.14. The number of nitrogens with zero attached hydrogens (tertiary/aromatic N) is 3. The molecule has 1 aromatic heterocycles. The zero-order valence-electron chi connectivity index (χ0n) is 19.5. The molecular formula is C27H36N4O2. The van der Waals surface area contributed by atoms with Crippen molar-refractivity contribution >= 4 is 11.8 Å². The molecule has 2 aromatic rings. The van der Waals surface area contributed by atoms with Crippen LogP contribution in [-0.4, -0.2) is 45.9 Å². The smallest absolute Gasteiger partial charge is 0.233 e. The second kappa shape index (κ2) is 9.32. The molecule has 6 heteroatoms. The second-order valence-electron chi connectivity index (χ2n) is 10.4. The molecule has 33 heavy (non-hydrogen) atoms. The first-order valence-electron chi connectivity index (χ1n) is 12.7. The number of hydrogen-bond donors (Lipinski definition) is 1. The molecule has 2 aliphatic carbocycles. The lowest BCUT2D eigenvalue weighted by atomic mass is 9.68. The maximum atomic E-state index is 13.8. The van der Waals surface area contributed by atoms with E-state index in [0.717, 1.165) is 71.0 Å². The number of benzene rings is 1. The molecule has 1 atom stereocenters. The third-order valence-corrected chi connectivity index (χ3v) is 8.45. The van der Waals surface area contributed by atoms with E-state index >= 15 is 0 Å². The first-order valence-corrected chi connectivity index (χ1v) is 12.7. The number of carbonyl (C=O) groups is 2. The van der Waals surface area contributed by atoms with Crippen molar-refractivity contribution < 1.29 is 9.59 Å². The zero-order chi connectivity index (χ0) is 22.7. The Bertz CT molecular complexity index is 942. The number of carbonyl (C=O) groups excluding carboxylic acids is 2. The highest BCUT2D eigenvalue weighted by Crippen LogP contribution is 2.59. The molecule has 0 radical (unpaired) electrons. The number of piperidine rings is 1. The highest BCUT2D eigenvalue weighted by Gasteiger charge is 2.59. The molecule has 1 aliphatic heterocycles. The number of amides is 2. The number of likely N-dealkylation sites (tertiary alicyclic amines) is 1. The lowest BCUT2D eigenvalue weighted by molar-refractivity contribution is -0.140. The van der Waals surface area contributed by atoms with Crippen molar-refractivity contribution in [2.24, 2.45) is 11.3 Å². The molecule has 1 aromatic carbocycles. The van der Waals surface area contributed by atoms with E-state index in [-0.39, 0.29) is 22.7 Å². The topological polar surface area (TPSA) is 67.2 Å². The maximum Gasteiger partial charge on any atom is 0.233 e. The summed E-state index contributed by atoms with van der Waals surface area (Å²) in [7, 11) is 0. The summed E-state index contributed by atoms with van der Waals surface area (Å²) < 4.78 is 2.03. The summed E-state index contributed by atoms with van der Waals surface area (Å²) in [4.78, 5) is 32.7. The zero-order valence-corrected chi connectivity index (χ0v) is 19.5. The van der Waals surface area contributed by atoms with Crippen molar-refractivity contribution in [3.05, 3.63) is 54.6 Å². The van der Waals surface area contributed by atoms with Crippen LogP contribution in [-0.2, 0) is 21.5 Å². The summed E-state index contributed by atoms with van der Waals surface area (Å²) in [6.07, 6.45) is 14.7. The molecule has 2 saturated carbocycles. The molecule has 5 rings (SSSR count). The second-order valence-corrected chi connectivity index (χ2v) is 10.4. The predicted molar refractivity (Wildman–Crippen MR) is 127 cm³/mol. The van der Waals surface area contributed by atoms with Gasteiger partial charge in [0.1, 0.15) is 0 Å². The van der Waals surface area contributed by atoms with Gasteiger partial charge in [-0.2, -0.15) is 0 Å². The average Bonchev–Trinajstić information content (AvgIpc) is 3.30. The minimum Gasteiger partial charge on any atom is -0.356 e. The van der Waals surface area contributed by atoms with Crippen LogP contribution in [0.3, 0.4) is 0 Å². The van der Waals surface area contributed by atoms with E-state index < -0.39 is 0 Å². The van der Waals surface area contributed by atoms with Crippen LogP contribution >= 0.6 is 0 Å². The van der Waals surface area contributed by atoms with Gasteiger partial charge >= 0.3 is 0 Å². The van der Waals surface area contributed by atoms with E-state index in [9.17, 15) is 9.59 Å². The Morgan fingerprint density at radius 1 is 1.03 bits per heavy atom. The fourth-order valence-corrected chi connectivity index (χ4v) is 6.28. The Morgan fingerprint density at radius 3 is 2.48 bits per heavy atom. The molecule has 0 bridgehead atoms. The normalized spacial score (nSPS) is 23.3. The van der Waals surface area contributed by atoms with Gasteiger partial charge in [0.15, 0.2) is 0 Å². The van der Waals surface area contributed by atoms with E-state index in [1.54, 1.807) is 6.20 Å². The predicted octanol–water partition coefficient (Wildman–Crippen LogP) is 3.92. The molecule has 6 nitrogen and oxygen atoms in total. The third kappa shape index (κ3) is 4.44. The van der Waals surface area contributed by atoms with Crippen molar-refractivity contribution in [1.82, 2.24) is 19.8 Å². The molecule has 3 fully saturated rings. The quantitative estimate of drug-likeness (QED) is 0.653. The van der Waals surface area contributed by atoms with Crippen LogP contribution in [0.2, 0.25) is 0 Å². The summed E-state index contributed by atoms with van der Waals surface area (Å²) in [6.45, 7) is 3.15. The van der Waals surface area contributed by atoms with Gasteiger partial charge in [0, 0.05) is 44.5 Å². The Kier molecular flexibility index (Phi) is 6.26. The van der Waals surface area contributed by atoms with Gasteiger partial charge in [-0.05, 0) is 49.5 Å². The fourth-order valence-electron chi connectivity index (χ4n) is 6.28. The fraction of sp³-hybridized carbons (Fsp3) is 0.593. The first-order chi connectivity index (χ1) is 16.1. The minimum absolute atomic E-state index is 0.123. The van der Waals surface area contributed by atoms with Crippen LogP contribution < -0.4 is 5.32 Å². The van der Waals surface area contributed by atoms with Crippen LogP contribution in [0.15, 0.2) is 49.1 Å². The van der Waals surface area contributed by atoms with Crippen LogP contribution in [0.5, 0.6) is 0 Å². The Balaban J connectivity index is 1.14. The number of nitrogens with one attached hydrogen (secondary N) is 1. The highest BCUT2D eigenvalue weighted by atomic mass is 16.2. The first kappa shape index (κ1) is 22.2. The maximum absolute atomic E-state index is 13.8. The highest BCUT2D eigenvalue weighted by molar-refractivity contribution is 5.89. The van der Waals surface area contributed by atoms with Gasteiger partial charge in [-0.1, -0.05) is 49.6 Å². The van der Waals surface area contributed by atoms with Crippen molar-refractivity contribution in [2.75, 3.05) is 19.6 Å². The largest absolute Gasteiger partial charge is 0.356 e. The van der Waals surface area contributed by atoms with Gasteiger partial charge in [0.2, 0.25) is 11.8 Å². The molecule has 2 heterocycles. The molecule has 3 aliphatic rings. The van der Waals surface area contributed by atoms with E-state index in [4.69, 9.17) is 0 Å². The van der Waals surface area contributed by atoms with Gasteiger partial charge in [0.05, 0.1) is 11.7 Å². The van der Waals surface area contributed by atoms with Gasteiger partial charge in [-0.25, -0.2) is 4.98 Å². The van der Waals surface area contributed by atoms with Crippen molar-refractivity contribution in [2.45, 2.75) is 69.7 Å². The van der Waals surface area contributed by atoms with Crippen LogP contribution in [0.1, 0.15) is 63.4 Å². The third-order valence-electron chi connectivity index (χ3n) is 8.45. The lowest BCUT2D eigenvalue weighted by Crippen LogP contribution is -2.51. The van der Waals surface area contributed by atoms with Crippen molar-refractivity contribution in [1.29, 1.82) is 0 Å². The Labute approximate surface area is 196 Å². The molecule has 1 unspecified atom stereocenters. The van der Waals surface area contributed by atoms with Crippen molar-refractivity contribution in [3.63, 3.8) is 0 Å². The molecular weight excluding hydrogens is 412 g/mol. The number of hydrogen-bond acceptors (Lipinski definition) is 3. The van der Waals surface area contributed by atoms with Crippen LogP contribution in [0.4, 0.5) is 0 Å². The molecule has 2 amide bonds. The number of aryl methyl sites for hydroxylation is 1. The van der Waals surface area contributed by atoms with E-state index in [0.29, 0.717) is 12.5 Å². The SMILES string of the molecule is O=C(NCCCn1ccnc1)C1CC12CCN(C(=O)C1(c3ccccc3)CCCCC1)CC2. The average molecular weight is 449 g/mol. The lowest BCUT2D eigenvalue weighted by Gasteiger charge is -2.43. The summed E-state index contributed by atoms with van der Waals surface area (Å²) >= 11 is 0. The summed E-state index contributed by atoms with van der Waals surface area (Å²) in [6, 6.07) is 10.4. The molecule has 176 valence electrons. The summed E-state index contributed by atoms with van der Waals surface area (Å²) in [5.41, 5.74) is 0.964. The van der Waals surface area contributed by atoms with E-state index in [1.807, 2.05) is 23.2 Å². The number of imidazole rings is 1. The van der Waals surface area contributed by atoms with Crippen molar-refractivity contribution in [3.8, 4) is 0 Å². The van der Waals surface area contributed by atoms with E-state index in [1.165, 1.54) is 12.0 Å². The molecule has 1 spiro atoms.